The van der Waals surface area contributed by atoms with Gasteiger partial charge in [-0.05, 0) is 46.4 Å². The number of aliphatic hydroxyl groups excluding tert-OH is 1. The lowest BCUT2D eigenvalue weighted by atomic mass is 9.93. The van der Waals surface area contributed by atoms with Crippen molar-refractivity contribution in [1.82, 2.24) is 0 Å². The predicted octanol–water partition coefficient (Wildman–Crippen LogP) is 4.79. The third-order valence-electron chi connectivity index (χ3n) is 4.17. The van der Waals surface area contributed by atoms with Crippen molar-refractivity contribution in [3.05, 3.63) is 82.9 Å². The molecule has 0 heterocycles. The summed E-state index contributed by atoms with van der Waals surface area (Å²) >= 11 is 0. The summed E-state index contributed by atoms with van der Waals surface area (Å²) in [4.78, 5) is 0. The smallest absolute Gasteiger partial charge is 0.105 e. The average molecular weight is 276 g/mol. The van der Waals surface area contributed by atoms with Crippen LogP contribution in [0.3, 0.4) is 0 Å². The van der Waals surface area contributed by atoms with Gasteiger partial charge >= 0.3 is 0 Å². The zero-order valence-electron chi connectivity index (χ0n) is 12.5. The van der Waals surface area contributed by atoms with E-state index >= 15 is 0 Å². The maximum Gasteiger partial charge on any atom is 0.105 e. The lowest BCUT2D eigenvalue weighted by Gasteiger charge is -2.16. The molecule has 1 N–H and O–H groups in total. The van der Waals surface area contributed by atoms with Gasteiger partial charge in [0.1, 0.15) is 6.10 Å². The second-order valence-electron chi connectivity index (χ2n) is 5.51. The van der Waals surface area contributed by atoms with Crippen LogP contribution in [0.2, 0.25) is 0 Å². The van der Waals surface area contributed by atoms with Crippen LogP contribution in [0, 0.1) is 6.92 Å². The molecule has 106 valence electrons. The quantitative estimate of drug-likeness (QED) is 0.729. The summed E-state index contributed by atoms with van der Waals surface area (Å²) in [5, 5.41) is 13.1. The Morgan fingerprint density at radius 1 is 0.857 bits per heavy atom. The van der Waals surface area contributed by atoms with Crippen LogP contribution in [-0.4, -0.2) is 5.11 Å². The Kier molecular flexibility index (Phi) is 3.76. The SMILES string of the molecule is CCc1ccc(C(O)c2ccc(C)c3ccccc23)cc1. The molecule has 0 spiro atoms. The molecule has 1 nitrogen and oxygen atoms in total. The zero-order valence-corrected chi connectivity index (χ0v) is 12.5. The molecule has 0 aromatic heterocycles. The topological polar surface area (TPSA) is 20.2 Å². The van der Waals surface area contributed by atoms with Crippen molar-refractivity contribution in [2.75, 3.05) is 0 Å². The molecule has 3 aromatic rings. The first kappa shape index (κ1) is 13.8. The summed E-state index contributed by atoms with van der Waals surface area (Å²) in [6.45, 7) is 4.24. The fraction of sp³-hybridized carbons (Fsp3) is 0.200. The minimum atomic E-state index is -0.582. The van der Waals surface area contributed by atoms with E-state index in [0.29, 0.717) is 0 Å². The highest BCUT2D eigenvalue weighted by Crippen LogP contribution is 2.30. The molecule has 0 fully saturated rings. The molecule has 1 unspecified atom stereocenters. The summed E-state index contributed by atoms with van der Waals surface area (Å²) in [5.74, 6) is 0. The average Bonchev–Trinajstić information content (AvgIpc) is 2.55. The van der Waals surface area contributed by atoms with Crippen molar-refractivity contribution in [3.8, 4) is 0 Å². The molecule has 0 saturated carbocycles. The first-order chi connectivity index (χ1) is 10.2. The third kappa shape index (κ3) is 2.57. The van der Waals surface area contributed by atoms with Crippen LogP contribution in [-0.2, 0) is 6.42 Å². The predicted molar refractivity (Wildman–Crippen MR) is 88.6 cm³/mol. The van der Waals surface area contributed by atoms with E-state index in [9.17, 15) is 5.11 Å². The van der Waals surface area contributed by atoms with Crippen molar-refractivity contribution < 1.29 is 5.11 Å². The number of hydrogen-bond donors (Lipinski definition) is 1. The van der Waals surface area contributed by atoms with Gasteiger partial charge in [0.05, 0.1) is 0 Å². The van der Waals surface area contributed by atoms with Gasteiger partial charge in [-0.2, -0.15) is 0 Å². The number of hydrogen-bond acceptors (Lipinski definition) is 1. The molecule has 3 rings (SSSR count). The van der Waals surface area contributed by atoms with Crippen LogP contribution >= 0.6 is 0 Å². The molecule has 0 aliphatic carbocycles. The summed E-state index contributed by atoms with van der Waals surface area (Å²) in [6, 6.07) is 20.6. The molecule has 0 aliphatic heterocycles. The van der Waals surface area contributed by atoms with Crippen molar-refractivity contribution in [3.63, 3.8) is 0 Å². The van der Waals surface area contributed by atoms with Gasteiger partial charge in [-0.25, -0.2) is 0 Å². The number of aliphatic hydroxyl groups is 1. The van der Waals surface area contributed by atoms with Gasteiger partial charge in [0, 0.05) is 0 Å². The fourth-order valence-corrected chi connectivity index (χ4v) is 2.83. The molecule has 3 aromatic carbocycles. The molecular formula is C20H20O. The van der Waals surface area contributed by atoms with E-state index in [1.54, 1.807) is 0 Å². The molecule has 0 radical (unpaired) electrons. The van der Waals surface area contributed by atoms with E-state index in [4.69, 9.17) is 0 Å². The van der Waals surface area contributed by atoms with Crippen molar-refractivity contribution in [2.24, 2.45) is 0 Å². The lowest BCUT2D eigenvalue weighted by molar-refractivity contribution is 0.222. The Balaban J connectivity index is 2.08. The Hall–Kier alpha value is -2.12. The van der Waals surface area contributed by atoms with E-state index in [1.165, 1.54) is 16.5 Å². The van der Waals surface area contributed by atoms with Crippen LogP contribution in [0.25, 0.3) is 10.8 Å². The summed E-state index contributed by atoms with van der Waals surface area (Å²) in [7, 11) is 0. The van der Waals surface area contributed by atoms with Crippen LogP contribution in [0.4, 0.5) is 0 Å². The molecule has 1 heteroatoms. The van der Waals surface area contributed by atoms with Crippen LogP contribution < -0.4 is 0 Å². The molecule has 1 atom stereocenters. The van der Waals surface area contributed by atoms with Gasteiger partial charge in [-0.3, -0.25) is 0 Å². The second kappa shape index (κ2) is 5.71. The highest BCUT2D eigenvalue weighted by molar-refractivity contribution is 5.89. The molecular weight excluding hydrogens is 256 g/mol. The van der Waals surface area contributed by atoms with Gasteiger partial charge in [0.2, 0.25) is 0 Å². The van der Waals surface area contributed by atoms with Gasteiger partial charge in [-0.1, -0.05) is 67.6 Å². The van der Waals surface area contributed by atoms with Crippen LogP contribution in [0.1, 0.15) is 35.3 Å². The third-order valence-corrected chi connectivity index (χ3v) is 4.17. The van der Waals surface area contributed by atoms with Crippen molar-refractivity contribution >= 4 is 10.8 Å². The summed E-state index contributed by atoms with van der Waals surface area (Å²) in [5.41, 5.74) is 4.45. The number of rotatable bonds is 3. The first-order valence-electron chi connectivity index (χ1n) is 7.46. The van der Waals surface area contributed by atoms with Gasteiger partial charge in [0.25, 0.3) is 0 Å². The fourth-order valence-electron chi connectivity index (χ4n) is 2.83. The van der Waals surface area contributed by atoms with Gasteiger partial charge in [-0.15, -0.1) is 0 Å². The Bertz CT molecular complexity index is 756. The minimum Gasteiger partial charge on any atom is -0.384 e. The molecule has 0 saturated heterocycles. The van der Waals surface area contributed by atoms with E-state index in [1.807, 2.05) is 30.3 Å². The molecule has 0 bridgehead atoms. The summed E-state index contributed by atoms with van der Waals surface area (Å²) < 4.78 is 0. The van der Waals surface area contributed by atoms with E-state index < -0.39 is 6.10 Å². The van der Waals surface area contributed by atoms with Gasteiger partial charge in [0.15, 0.2) is 0 Å². The zero-order chi connectivity index (χ0) is 14.8. The second-order valence-corrected chi connectivity index (χ2v) is 5.51. The Labute approximate surface area is 125 Å². The Morgan fingerprint density at radius 3 is 2.19 bits per heavy atom. The highest BCUT2D eigenvalue weighted by Gasteiger charge is 2.14. The normalized spacial score (nSPS) is 12.5. The first-order valence-corrected chi connectivity index (χ1v) is 7.46. The molecule has 0 amide bonds. The molecule has 21 heavy (non-hydrogen) atoms. The number of aryl methyl sites for hydroxylation is 2. The van der Waals surface area contributed by atoms with E-state index in [2.05, 4.69) is 44.2 Å². The van der Waals surface area contributed by atoms with E-state index in [-0.39, 0.29) is 0 Å². The van der Waals surface area contributed by atoms with Crippen LogP contribution in [0.5, 0.6) is 0 Å². The van der Waals surface area contributed by atoms with E-state index in [0.717, 1.165) is 22.9 Å². The monoisotopic (exact) mass is 276 g/mol. The largest absolute Gasteiger partial charge is 0.384 e. The maximum absolute atomic E-state index is 10.7. The van der Waals surface area contributed by atoms with Crippen molar-refractivity contribution in [2.45, 2.75) is 26.4 Å². The minimum absolute atomic E-state index is 0.582. The summed E-state index contributed by atoms with van der Waals surface area (Å²) in [6.07, 6.45) is 0.436. The standard InChI is InChI=1S/C20H20O/c1-3-15-9-11-16(12-10-15)20(21)19-13-8-14(2)17-6-4-5-7-18(17)19/h4-13,20-21H,3H2,1-2H3. The van der Waals surface area contributed by atoms with Crippen LogP contribution in [0.15, 0.2) is 60.7 Å². The number of benzene rings is 3. The molecule has 0 aliphatic rings. The number of fused-ring (bicyclic) bond motifs is 1. The van der Waals surface area contributed by atoms with Crippen molar-refractivity contribution in [1.29, 1.82) is 0 Å². The van der Waals surface area contributed by atoms with Gasteiger partial charge < -0.3 is 5.11 Å². The maximum atomic E-state index is 10.7. The Morgan fingerprint density at radius 2 is 1.52 bits per heavy atom. The highest BCUT2D eigenvalue weighted by atomic mass is 16.3. The lowest BCUT2D eigenvalue weighted by Crippen LogP contribution is -2.01.